The lowest BCUT2D eigenvalue weighted by Gasteiger charge is -2.32. The van der Waals surface area contributed by atoms with Crippen LogP contribution in [0, 0.1) is 0 Å². The van der Waals surface area contributed by atoms with Crippen LogP contribution in [0.3, 0.4) is 0 Å². The molecule has 1 aromatic heterocycles. The summed E-state index contributed by atoms with van der Waals surface area (Å²) in [5.41, 5.74) is 0. The van der Waals surface area contributed by atoms with Crippen molar-refractivity contribution in [2.24, 2.45) is 0 Å². The summed E-state index contributed by atoms with van der Waals surface area (Å²) in [5.74, 6) is 0.119. The predicted octanol–water partition coefficient (Wildman–Crippen LogP) is -0.948. The fourth-order valence-electron chi connectivity index (χ4n) is 1.61. The summed E-state index contributed by atoms with van der Waals surface area (Å²) in [7, 11) is 2.07. The van der Waals surface area contributed by atoms with Crippen molar-refractivity contribution in [2.75, 3.05) is 33.2 Å². The highest BCUT2D eigenvalue weighted by Crippen LogP contribution is 2.00. The topological polar surface area (TPSA) is 54.3 Å². The monoisotopic (exact) mass is 209 g/mol. The maximum Gasteiger partial charge on any atom is 0.244 e. The van der Waals surface area contributed by atoms with Gasteiger partial charge >= 0.3 is 0 Å². The Labute approximate surface area is 88.5 Å². The first-order valence-electron chi connectivity index (χ1n) is 5.06. The third kappa shape index (κ3) is 2.53. The molecule has 1 aromatic rings. The normalized spacial score (nSPS) is 18.1. The van der Waals surface area contributed by atoms with Crippen LogP contribution in [-0.2, 0) is 11.3 Å². The minimum Gasteiger partial charge on any atom is -0.339 e. The zero-order chi connectivity index (χ0) is 10.7. The van der Waals surface area contributed by atoms with E-state index in [1.54, 1.807) is 17.1 Å². The second kappa shape index (κ2) is 4.39. The number of rotatable bonds is 2. The highest BCUT2D eigenvalue weighted by Gasteiger charge is 2.18. The van der Waals surface area contributed by atoms with Gasteiger partial charge in [-0.15, -0.1) is 5.10 Å². The van der Waals surface area contributed by atoms with E-state index in [9.17, 15) is 4.79 Å². The minimum absolute atomic E-state index is 0.119. The van der Waals surface area contributed by atoms with Gasteiger partial charge in [0, 0.05) is 32.4 Å². The third-order valence-corrected chi connectivity index (χ3v) is 2.63. The van der Waals surface area contributed by atoms with Crippen molar-refractivity contribution in [1.29, 1.82) is 0 Å². The molecule has 82 valence electrons. The van der Waals surface area contributed by atoms with E-state index < -0.39 is 0 Å². The lowest BCUT2D eigenvalue weighted by molar-refractivity contribution is -0.133. The molecule has 0 saturated carbocycles. The van der Waals surface area contributed by atoms with E-state index in [1.165, 1.54) is 0 Å². The van der Waals surface area contributed by atoms with Crippen molar-refractivity contribution in [2.45, 2.75) is 6.54 Å². The van der Waals surface area contributed by atoms with Gasteiger partial charge in [-0.2, -0.15) is 0 Å². The molecule has 6 nitrogen and oxygen atoms in total. The lowest BCUT2D eigenvalue weighted by Crippen LogP contribution is -2.48. The molecule has 1 saturated heterocycles. The van der Waals surface area contributed by atoms with Gasteiger partial charge in [0.1, 0.15) is 6.54 Å². The summed E-state index contributed by atoms with van der Waals surface area (Å²) < 4.78 is 1.56. The molecule has 0 bridgehead atoms. The molecule has 0 spiro atoms. The minimum atomic E-state index is 0.119. The smallest absolute Gasteiger partial charge is 0.244 e. The quantitative estimate of drug-likeness (QED) is 0.630. The van der Waals surface area contributed by atoms with Crippen molar-refractivity contribution in [3.8, 4) is 0 Å². The molecule has 1 amide bonds. The SMILES string of the molecule is CN1CCN(C(=O)Cn2ccnn2)CC1. The maximum absolute atomic E-state index is 11.8. The van der Waals surface area contributed by atoms with E-state index in [4.69, 9.17) is 0 Å². The Morgan fingerprint density at radius 1 is 1.33 bits per heavy atom. The van der Waals surface area contributed by atoms with Gasteiger partial charge in [-0.3, -0.25) is 4.79 Å². The van der Waals surface area contributed by atoms with Gasteiger partial charge in [0.15, 0.2) is 0 Å². The first kappa shape index (κ1) is 10.1. The number of hydrogen-bond donors (Lipinski definition) is 0. The van der Waals surface area contributed by atoms with Crippen LogP contribution in [0.25, 0.3) is 0 Å². The van der Waals surface area contributed by atoms with Gasteiger partial charge in [0.25, 0.3) is 0 Å². The number of aromatic nitrogens is 3. The van der Waals surface area contributed by atoms with Crippen molar-refractivity contribution >= 4 is 5.91 Å². The molecular formula is C9H15N5O. The lowest BCUT2D eigenvalue weighted by atomic mass is 10.3. The maximum atomic E-state index is 11.8. The first-order chi connectivity index (χ1) is 7.25. The number of piperazine rings is 1. The summed E-state index contributed by atoms with van der Waals surface area (Å²) in [4.78, 5) is 15.9. The van der Waals surface area contributed by atoms with Crippen molar-refractivity contribution in [1.82, 2.24) is 24.8 Å². The van der Waals surface area contributed by atoms with Crippen LogP contribution in [0.1, 0.15) is 0 Å². The molecule has 15 heavy (non-hydrogen) atoms. The fourth-order valence-corrected chi connectivity index (χ4v) is 1.61. The Bertz CT molecular complexity index is 315. The molecule has 1 aliphatic heterocycles. The molecular weight excluding hydrogens is 194 g/mol. The van der Waals surface area contributed by atoms with E-state index in [0.717, 1.165) is 26.2 Å². The number of carbonyl (C=O) groups is 1. The number of hydrogen-bond acceptors (Lipinski definition) is 4. The third-order valence-electron chi connectivity index (χ3n) is 2.63. The molecule has 0 aromatic carbocycles. The standard InChI is InChI=1S/C9H15N5O/c1-12-4-6-13(7-5-12)9(15)8-14-3-2-10-11-14/h2-3H,4-8H2,1H3. The Morgan fingerprint density at radius 3 is 2.67 bits per heavy atom. The van der Waals surface area contributed by atoms with Crippen LogP contribution in [0.2, 0.25) is 0 Å². The van der Waals surface area contributed by atoms with Gasteiger partial charge in [0.2, 0.25) is 5.91 Å². The summed E-state index contributed by atoms with van der Waals surface area (Å²) >= 11 is 0. The van der Waals surface area contributed by atoms with Crippen LogP contribution in [0.5, 0.6) is 0 Å². The molecule has 1 aliphatic rings. The summed E-state index contributed by atoms with van der Waals surface area (Å²) in [6.07, 6.45) is 3.28. The predicted molar refractivity (Wildman–Crippen MR) is 54.1 cm³/mol. The van der Waals surface area contributed by atoms with E-state index in [0.29, 0.717) is 6.54 Å². The second-order valence-electron chi connectivity index (χ2n) is 3.78. The average Bonchev–Trinajstić information content (AvgIpc) is 2.71. The van der Waals surface area contributed by atoms with E-state index >= 15 is 0 Å². The summed E-state index contributed by atoms with van der Waals surface area (Å²) in [6, 6.07) is 0. The highest BCUT2D eigenvalue weighted by molar-refractivity contribution is 5.76. The Hall–Kier alpha value is -1.43. The van der Waals surface area contributed by atoms with Gasteiger partial charge in [-0.1, -0.05) is 5.21 Å². The van der Waals surface area contributed by atoms with Crippen LogP contribution >= 0.6 is 0 Å². The Morgan fingerprint density at radius 2 is 2.07 bits per heavy atom. The second-order valence-corrected chi connectivity index (χ2v) is 3.78. The first-order valence-corrected chi connectivity index (χ1v) is 5.06. The molecule has 0 N–H and O–H groups in total. The van der Waals surface area contributed by atoms with Crippen molar-refractivity contribution in [3.63, 3.8) is 0 Å². The zero-order valence-corrected chi connectivity index (χ0v) is 8.83. The van der Waals surface area contributed by atoms with Gasteiger partial charge in [0.05, 0.1) is 6.20 Å². The van der Waals surface area contributed by atoms with Crippen LogP contribution < -0.4 is 0 Å². The van der Waals surface area contributed by atoms with Gasteiger partial charge in [-0.25, -0.2) is 4.68 Å². The van der Waals surface area contributed by atoms with Gasteiger partial charge < -0.3 is 9.80 Å². The van der Waals surface area contributed by atoms with E-state index in [2.05, 4.69) is 22.3 Å². The molecule has 1 fully saturated rings. The largest absolute Gasteiger partial charge is 0.339 e. The fraction of sp³-hybridized carbons (Fsp3) is 0.667. The molecule has 0 aliphatic carbocycles. The summed E-state index contributed by atoms with van der Waals surface area (Å²) in [6.45, 7) is 3.81. The number of carbonyl (C=O) groups excluding carboxylic acids is 1. The highest BCUT2D eigenvalue weighted by atomic mass is 16.2. The molecule has 2 rings (SSSR count). The van der Waals surface area contributed by atoms with E-state index in [1.807, 2.05) is 4.90 Å². The molecule has 0 atom stereocenters. The molecule has 0 unspecified atom stereocenters. The Balaban J connectivity index is 1.86. The van der Waals surface area contributed by atoms with Crippen LogP contribution in [0.15, 0.2) is 12.4 Å². The van der Waals surface area contributed by atoms with Crippen LogP contribution in [0.4, 0.5) is 0 Å². The number of nitrogens with zero attached hydrogens (tertiary/aromatic N) is 5. The van der Waals surface area contributed by atoms with Crippen LogP contribution in [-0.4, -0.2) is 63.9 Å². The number of likely N-dealkylation sites (N-methyl/N-ethyl adjacent to an activating group) is 1. The van der Waals surface area contributed by atoms with Crippen molar-refractivity contribution < 1.29 is 4.79 Å². The van der Waals surface area contributed by atoms with Gasteiger partial charge in [-0.05, 0) is 7.05 Å². The Kier molecular flexibility index (Phi) is 2.96. The number of amides is 1. The molecule has 2 heterocycles. The average molecular weight is 209 g/mol. The van der Waals surface area contributed by atoms with Crippen molar-refractivity contribution in [3.05, 3.63) is 12.4 Å². The zero-order valence-electron chi connectivity index (χ0n) is 8.83. The van der Waals surface area contributed by atoms with E-state index in [-0.39, 0.29) is 5.91 Å². The summed E-state index contributed by atoms with van der Waals surface area (Å²) in [5, 5.41) is 7.44. The molecule has 0 radical (unpaired) electrons. The molecule has 6 heteroatoms.